The minimum Gasteiger partial charge on any atom is -0.327 e. The third-order valence-corrected chi connectivity index (χ3v) is 4.00. The maximum Gasteiger partial charge on any atom is 0.322 e. The fourth-order valence-electron chi connectivity index (χ4n) is 1.85. The number of hydrogen-bond acceptors (Lipinski definition) is 5. The predicted octanol–water partition coefficient (Wildman–Crippen LogP) is 1.08. The van der Waals surface area contributed by atoms with E-state index in [1.54, 1.807) is 24.4 Å². The van der Waals surface area contributed by atoms with Gasteiger partial charge in [-0.25, -0.2) is 18.2 Å². The number of rotatable bonds is 5. The smallest absolute Gasteiger partial charge is 0.322 e. The molecule has 0 saturated carbocycles. The molecule has 0 radical (unpaired) electrons. The minimum absolute atomic E-state index is 0.0878. The molecule has 0 aliphatic heterocycles. The van der Waals surface area contributed by atoms with E-state index in [4.69, 9.17) is 0 Å². The third kappa shape index (κ3) is 4.78. The van der Waals surface area contributed by atoms with E-state index in [0.717, 1.165) is 11.9 Å². The van der Waals surface area contributed by atoms with Crippen molar-refractivity contribution in [2.75, 3.05) is 30.9 Å². The first-order valence-corrected chi connectivity index (χ1v) is 9.00. The molecule has 0 atom stereocenters. The highest BCUT2D eigenvalue weighted by molar-refractivity contribution is 7.90. The van der Waals surface area contributed by atoms with Crippen molar-refractivity contribution in [1.29, 1.82) is 0 Å². The van der Waals surface area contributed by atoms with Crippen LogP contribution >= 0.6 is 0 Å². The number of hydrogen-bond donors (Lipinski definition) is 1. The van der Waals surface area contributed by atoms with Gasteiger partial charge in [-0.05, 0) is 19.1 Å². The van der Waals surface area contributed by atoms with Crippen molar-refractivity contribution >= 4 is 21.7 Å². The maximum atomic E-state index is 12.2. The molecule has 0 spiro atoms. The number of pyridine rings is 1. The molecule has 0 aliphatic carbocycles. The van der Waals surface area contributed by atoms with Crippen molar-refractivity contribution in [1.82, 2.24) is 19.7 Å². The van der Waals surface area contributed by atoms with Crippen LogP contribution in [0.3, 0.4) is 0 Å². The topological polar surface area (TPSA) is 97.2 Å². The molecule has 9 heteroatoms. The lowest BCUT2D eigenvalue weighted by Gasteiger charge is -2.17. The molecule has 0 bridgehead atoms. The second kappa shape index (κ2) is 6.78. The van der Waals surface area contributed by atoms with E-state index in [0.29, 0.717) is 11.6 Å². The molecule has 0 aromatic carbocycles. The van der Waals surface area contributed by atoms with Crippen LogP contribution in [0.2, 0.25) is 0 Å². The monoisotopic (exact) mass is 337 g/mol. The van der Waals surface area contributed by atoms with E-state index < -0.39 is 15.9 Å². The quantitative estimate of drug-likeness (QED) is 0.880. The first kappa shape index (κ1) is 16.9. The Morgan fingerprint density at radius 2 is 2.13 bits per heavy atom. The van der Waals surface area contributed by atoms with Gasteiger partial charge in [0.25, 0.3) is 0 Å². The number of aromatic nitrogens is 3. The molecular weight excluding hydrogens is 318 g/mol. The standard InChI is InChI=1S/C14H19N5O3S/c1-11-10-13(19(17-11)12-6-4-5-7-15-12)16-14(20)18(2)8-9-23(3,21)22/h4-7,10H,8-9H2,1-3H3,(H,16,20). The fourth-order valence-corrected chi connectivity index (χ4v) is 2.46. The second-order valence-corrected chi connectivity index (χ2v) is 7.51. The van der Waals surface area contributed by atoms with E-state index in [1.165, 1.54) is 16.6 Å². The molecule has 8 nitrogen and oxygen atoms in total. The number of carbonyl (C=O) groups excluding carboxylic acids is 1. The fraction of sp³-hybridized carbons (Fsp3) is 0.357. The molecule has 124 valence electrons. The van der Waals surface area contributed by atoms with E-state index in [1.807, 2.05) is 13.0 Å². The summed E-state index contributed by atoms with van der Waals surface area (Å²) in [4.78, 5) is 17.7. The van der Waals surface area contributed by atoms with Crippen LogP contribution < -0.4 is 5.32 Å². The van der Waals surface area contributed by atoms with Crippen molar-refractivity contribution in [3.8, 4) is 5.82 Å². The summed E-state index contributed by atoms with van der Waals surface area (Å²) in [5, 5.41) is 7.02. The van der Waals surface area contributed by atoms with Crippen molar-refractivity contribution in [2.24, 2.45) is 0 Å². The maximum absolute atomic E-state index is 12.2. The average Bonchev–Trinajstić information content (AvgIpc) is 2.85. The highest BCUT2D eigenvalue weighted by Crippen LogP contribution is 2.15. The Labute approximate surface area is 135 Å². The van der Waals surface area contributed by atoms with Crippen molar-refractivity contribution in [2.45, 2.75) is 6.92 Å². The highest BCUT2D eigenvalue weighted by atomic mass is 32.2. The first-order chi connectivity index (χ1) is 10.8. The summed E-state index contributed by atoms with van der Waals surface area (Å²) >= 11 is 0. The number of nitrogens with zero attached hydrogens (tertiary/aromatic N) is 4. The van der Waals surface area contributed by atoms with Gasteiger partial charge in [0.2, 0.25) is 0 Å². The van der Waals surface area contributed by atoms with Crippen LogP contribution in [0.1, 0.15) is 5.69 Å². The summed E-state index contributed by atoms with van der Waals surface area (Å²) < 4.78 is 23.9. The van der Waals surface area contributed by atoms with Gasteiger partial charge in [0.05, 0.1) is 11.4 Å². The van der Waals surface area contributed by atoms with Crippen LogP contribution in [0.4, 0.5) is 10.6 Å². The number of sulfone groups is 1. The first-order valence-electron chi connectivity index (χ1n) is 6.94. The van der Waals surface area contributed by atoms with Gasteiger partial charge in [0.15, 0.2) is 5.82 Å². The Kier molecular flexibility index (Phi) is 4.99. The molecule has 0 fully saturated rings. The number of nitrogens with one attached hydrogen (secondary N) is 1. The zero-order valence-electron chi connectivity index (χ0n) is 13.2. The predicted molar refractivity (Wildman–Crippen MR) is 87.5 cm³/mol. The average molecular weight is 337 g/mol. The molecular formula is C14H19N5O3S. The molecule has 0 saturated heterocycles. The molecule has 2 heterocycles. The number of urea groups is 1. The van der Waals surface area contributed by atoms with Gasteiger partial charge in [-0.15, -0.1) is 0 Å². The highest BCUT2D eigenvalue weighted by Gasteiger charge is 2.15. The van der Waals surface area contributed by atoms with Gasteiger partial charge < -0.3 is 4.90 Å². The summed E-state index contributed by atoms with van der Waals surface area (Å²) in [6.07, 6.45) is 2.77. The van der Waals surface area contributed by atoms with Crippen LogP contribution in [-0.4, -0.2) is 59.7 Å². The van der Waals surface area contributed by atoms with Crippen LogP contribution in [0.15, 0.2) is 30.5 Å². The van der Waals surface area contributed by atoms with Crippen molar-refractivity contribution in [3.05, 3.63) is 36.2 Å². The Bertz CT molecular complexity index is 786. The van der Waals surface area contributed by atoms with E-state index in [2.05, 4.69) is 15.4 Å². The van der Waals surface area contributed by atoms with Crippen LogP contribution in [0.25, 0.3) is 5.82 Å². The lowest BCUT2D eigenvalue weighted by atomic mass is 10.4. The molecule has 2 rings (SSSR count). The number of amides is 2. The van der Waals surface area contributed by atoms with Gasteiger partial charge in [-0.1, -0.05) is 6.07 Å². The normalized spacial score (nSPS) is 11.3. The lowest BCUT2D eigenvalue weighted by molar-refractivity contribution is 0.224. The Hall–Kier alpha value is -2.42. The molecule has 23 heavy (non-hydrogen) atoms. The molecule has 1 N–H and O–H groups in total. The van der Waals surface area contributed by atoms with E-state index >= 15 is 0 Å². The van der Waals surface area contributed by atoms with Crippen molar-refractivity contribution < 1.29 is 13.2 Å². The summed E-state index contributed by atoms with van der Waals surface area (Å²) in [7, 11) is -1.59. The minimum atomic E-state index is -3.12. The van der Waals surface area contributed by atoms with E-state index in [-0.39, 0.29) is 12.3 Å². The summed E-state index contributed by atoms with van der Waals surface area (Å²) in [6.45, 7) is 1.92. The Morgan fingerprint density at radius 3 is 2.74 bits per heavy atom. The SMILES string of the molecule is Cc1cc(NC(=O)N(C)CCS(C)(=O)=O)n(-c2ccccn2)n1. The molecule has 2 aromatic heterocycles. The summed E-state index contributed by atoms with van der Waals surface area (Å²) in [5.41, 5.74) is 0.727. The van der Waals surface area contributed by atoms with Crippen LogP contribution in [0.5, 0.6) is 0 Å². The number of anilines is 1. The second-order valence-electron chi connectivity index (χ2n) is 5.25. The van der Waals surface area contributed by atoms with Crippen LogP contribution in [0, 0.1) is 6.92 Å². The van der Waals surface area contributed by atoms with Gasteiger partial charge in [0.1, 0.15) is 15.7 Å². The molecule has 0 unspecified atom stereocenters. The lowest BCUT2D eigenvalue weighted by Crippen LogP contribution is -2.35. The summed E-state index contributed by atoms with van der Waals surface area (Å²) in [5.74, 6) is 0.960. The molecule has 0 aliphatic rings. The molecule has 2 aromatic rings. The van der Waals surface area contributed by atoms with E-state index in [9.17, 15) is 13.2 Å². The largest absolute Gasteiger partial charge is 0.327 e. The van der Waals surface area contributed by atoms with Gasteiger partial charge >= 0.3 is 6.03 Å². The zero-order chi connectivity index (χ0) is 17.0. The Morgan fingerprint density at radius 1 is 1.39 bits per heavy atom. The van der Waals surface area contributed by atoms with Gasteiger partial charge in [-0.3, -0.25) is 5.32 Å². The van der Waals surface area contributed by atoms with Crippen molar-refractivity contribution in [3.63, 3.8) is 0 Å². The van der Waals surface area contributed by atoms with Gasteiger partial charge in [-0.2, -0.15) is 9.78 Å². The number of carbonyl (C=O) groups is 1. The molecule has 2 amide bonds. The Balaban J connectivity index is 2.13. The van der Waals surface area contributed by atoms with Crippen LogP contribution in [-0.2, 0) is 9.84 Å². The summed E-state index contributed by atoms with van der Waals surface area (Å²) in [6, 6.07) is 6.69. The number of aryl methyl sites for hydroxylation is 1. The van der Waals surface area contributed by atoms with Gasteiger partial charge in [0, 0.05) is 32.1 Å². The zero-order valence-corrected chi connectivity index (χ0v) is 14.0. The third-order valence-electron chi connectivity index (χ3n) is 3.08.